The predicted molar refractivity (Wildman–Crippen MR) is 59.3 cm³/mol. The van der Waals surface area contributed by atoms with Gasteiger partial charge in [0, 0.05) is 19.7 Å². The zero-order valence-corrected chi connectivity index (χ0v) is 9.02. The Balaban J connectivity index is 2.11. The number of hydrogen-bond donors (Lipinski definition) is 1. The van der Waals surface area contributed by atoms with E-state index in [1.165, 1.54) is 11.3 Å². The highest BCUT2D eigenvalue weighted by Gasteiger charge is 2.16. The molecule has 0 spiro atoms. The second kappa shape index (κ2) is 4.59. The lowest BCUT2D eigenvalue weighted by Gasteiger charge is -2.08. The molecular weight excluding hydrogens is 190 g/mol. The third-order valence-corrected chi connectivity index (χ3v) is 2.73. The molecule has 2 rings (SSSR count). The molecule has 0 saturated carbocycles. The average Bonchev–Trinajstić information content (AvgIpc) is 2.82. The van der Waals surface area contributed by atoms with Crippen molar-refractivity contribution < 1.29 is 4.74 Å². The standard InChI is InChI=1S/C11H17N3O/c1-15-5-4-14-8-13-7-11(14)9-2-3-10(12)6-9/h2,7-8,10H,3-6,12H2,1H3. The molecule has 4 nitrogen and oxygen atoms in total. The van der Waals surface area contributed by atoms with Crippen LogP contribution in [0.1, 0.15) is 18.5 Å². The molecule has 1 aliphatic rings. The maximum absolute atomic E-state index is 5.87. The molecule has 1 aromatic heterocycles. The minimum Gasteiger partial charge on any atom is -0.383 e. The lowest BCUT2D eigenvalue weighted by molar-refractivity contribution is 0.187. The van der Waals surface area contributed by atoms with Crippen molar-refractivity contribution in [1.29, 1.82) is 0 Å². The molecule has 0 amide bonds. The third kappa shape index (κ3) is 2.27. The van der Waals surface area contributed by atoms with E-state index < -0.39 is 0 Å². The average molecular weight is 207 g/mol. The normalized spacial score (nSPS) is 20.7. The van der Waals surface area contributed by atoms with Crippen molar-refractivity contribution in [2.24, 2.45) is 5.73 Å². The molecule has 0 bridgehead atoms. The summed E-state index contributed by atoms with van der Waals surface area (Å²) >= 11 is 0. The van der Waals surface area contributed by atoms with Crippen LogP contribution in [0.25, 0.3) is 5.57 Å². The first-order chi connectivity index (χ1) is 7.31. The number of imidazole rings is 1. The zero-order chi connectivity index (χ0) is 10.7. The predicted octanol–water partition coefficient (Wildman–Crippen LogP) is 1.03. The molecule has 15 heavy (non-hydrogen) atoms. The fourth-order valence-electron chi connectivity index (χ4n) is 1.91. The second-order valence-electron chi connectivity index (χ2n) is 3.89. The largest absolute Gasteiger partial charge is 0.383 e. The third-order valence-electron chi connectivity index (χ3n) is 2.73. The number of hydrogen-bond acceptors (Lipinski definition) is 3. The van der Waals surface area contributed by atoms with Crippen molar-refractivity contribution in [1.82, 2.24) is 9.55 Å². The maximum Gasteiger partial charge on any atom is 0.0951 e. The molecule has 1 unspecified atom stereocenters. The molecule has 0 aliphatic heterocycles. The van der Waals surface area contributed by atoms with Gasteiger partial charge in [-0.15, -0.1) is 0 Å². The maximum atomic E-state index is 5.87. The Kier molecular flexibility index (Phi) is 3.18. The second-order valence-corrected chi connectivity index (χ2v) is 3.89. The lowest BCUT2D eigenvalue weighted by atomic mass is 10.1. The van der Waals surface area contributed by atoms with Crippen LogP contribution in [0, 0.1) is 0 Å². The molecule has 0 saturated heterocycles. The Bertz CT molecular complexity index is 356. The first-order valence-corrected chi connectivity index (χ1v) is 5.25. The lowest BCUT2D eigenvalue weighted by Crippen LogP contribution is -2.15. The Hall–Kier alpha value is -1.13. The van der Waals surface area contributed by atoms with E-state index >= 15 is 0 Å². The van der Waals surface area contributed by atoms with Gasteiger partial charge >= 0.3 is 0 Å². The minimum atomic E-state index is 0.283. The van der Waals surface area contributed by atoms with Gasteiger partial charge in [-0.3, -0.25) is 0 Å². The summed E-state index contributed by atoms with van der Waals surface area (Å²) in [5.74, 6) is 0. The van der Waals surface area contributed by atoms with Crippen LogP contribution in [-0.2, 0) is 11.3 Å². The van der Waals surface area contributed by atoms with E-state index in [0.29, 0.717) is 6.61 Å². The van der Waals surface area contributed by atoms with Gasteiger partial charge in [0.2, 0.25) is 0 Å². The van der Waals surface area contributed by atoms with Crippen LogP contribution in [0.5, 0.6) is 0 Å². The van der Waals surface area contributed by atoms with Crippen LogP contribution in [-0.4, -0.2) is 29.3 Å². The van der Waals surface area contributed by atoms with Gasteiger partial charge in [0.25, 0.3) is 0 Å². The molecule has 0 radical (unpaired) electrons. The van der Waals surface area contributed by atoms with Crippen molar-refractivity contribution in [3.63, 3.8) is 0 Å². The fraction of sp³-hybridized carbons (Fsp3) is 0.545. The highest BCUT2D eigenvalue weighted by molar-refractivity contribution is 5.65. The molecule has 1 heterocycles. The Labute approximate surface area is 89.7 Å². The number of methoxy groups -OCH3 is 1. The summed E-state index contributed by atoms with van der Waals surface area (Å²) in [7, 11) is 1.71. The van der Waals surface area contributed by atoms with Crippen molar-refractivity contribution in [3.05, 3.63) is 24.3 Å². The van der Waals surface area contributed by atoms with Gasteiger partial charge in [0.05, 0.1) is 24.8 Å². The quantitative estimate of drug-likeness (QED) is 0.802. The Morgan fingerprint density at radius 2 is 2.53 bits per heavy atom. The van der Waals surface area contributed by atoms with Crippen LogP contribution in [0.2, 0.25) is 0 Å². The van der Waals surface area contributed by atoms with Gasteiger partial charge in [0.15, 0.2) is 0 Å². The van der Waals surface area contributed by atoms with E-state index in [-0.39, 0.29) is 6.04 Å². The first-order valence-electron chi connectivity index (χ1n) is 5.25. The van der Waals surface area contributed by atoms with Crippen LogP contribution in [0.3, 0.4) is 0 Å². The molecule has 0 aromatic carbocycles. The zero-order valence-electron chi connectivity index (χ0n) is 9.02. The van der Waals surface area contributed by atoms with Gasteiger partial charge < -0.3 is 15.0 Å². The summed E-state index contributed by atoms with van der Waals surface area (Å²) in [6.45, 7) is 1.56. The van der Waals surface area contributed by atoms with Crippen LogP contribution < -0.4 is 5.73 Å². The van der Waals surface area contributed by atoms with Gasteiger partial charge in [-0.05, 0) is 18.4 Å². The van der Waals surface area contributed by atoms with E-state index in [1.54, 1.807) is 7.11 Å². The van der Waals surface area contributed by atoms with Crippen molar-refractivity contribution in [2.45, 2.75) is 25.4 Å². The molecule has 2 N–H and O–H groups in total. The number of ether oxygens (including phenoxy) is 1. The molecule has 82 valence electrons. The highest BCUT2D eigenvalue weighted by Crippen LogP contribution is 2.26. The van der Waals surface area contributed by atoms with E-state index in [1.807, 2.05) is 12.5 Å². The van der Waals surface area contributed by atoms with E-state index in [9.17, 15) is 0 Å². The molecular formula is C11H17N3O. The van der Waals surface area contributed by atoms with E-state index in [0.717, 1.165) is 19.4 Å². The first kappa shape index (κ1) is 10.4. The number of aromatic nitrogens is 2. The number of nitrogens with two attached hydrogens (primary N) is 1. The fourth-order valence-corrected chi connectivity index (χ4v) is 1.91. The van der Waals surface area contributed by atoms with Gasteiger partial charge in [-0.1, -0.05) is 6.08 Å². The summed E-state index contributed by atoms with van der Waals surface area (Å²) in [4.78, 5) is 4.17. The van der Waals surface area contributed by atoms with Crippen molar-refractivity contribution >= 4 is 5.57 Å². The van der Waals surface area contributed by atoms with Crippen molar-refractivity contribution in [3.8, 4) is 0 Å². The summed E-state index contributed by atoms with van der Waals surface area (Å²) in [5, 5.41) is 0. The molecule has 4 heteroatoms. The van der Waals surface area contributed by atoms with Gasteiger partial charge in [0.1, 0.15) is 0 Å². The Morgan fingerprint density at radius 1 is 1.67 bits per heavy atom. The summed E-state index contributed by atoms with van der Waals surface area (Å²) < 4.78 is 7.18. The SMILES string of the molecule is COCCn1cncc1C1=CCC(N)C1. The van der Waals surface area contributed by atoms with E-state index in [4.69, 9.17) is 10.5 Å². The van der Waals surface area contributed by atoms with Crippen LogP contribution >= 0.6 is 0 Å². The smallest absolute Gasteiger partial charge is 0.0951 e. The van der Waals surface area contributed by atoms with Crippen LogP contribution in [0.4, 0.5) is 0 Å². The highest BCUT2D eigenvalue weighted by atomic mass is 16.5. The van der Waals surface area contributed by atoms with Crippen LogP contribution in [0.15, 0.2) is 18.6 Å². The minimum absolute atomic E-state index is 0.283. The summed E-state index contributed by atoms with van der Waals surface area (Å²) in [6.07, 6.45) is 7.90. The van der Waals surface area contributed by atoms with Crippen molar-refractivity contribution in [2.75, 3.05) is 13.7 Å². The topological polar surface area (TPSA) is 53.1 Å². The van der Waals surface area contributed by atoms with E-state index in [2.05, 4.69) is 15.6 Å². The summed E-state index contributed by atoms with van der Waals surface area (Å²) in [5.41, 5.74) is 8.37. The number of nitrogens with zero attached hydrogens (tertiary/aromatic N) is 2. The molecule has 1 aromatic rings. The summed E-state index contributed by atoms with van der Waals surface area (Å²) in [6, 6.07) is 0.283. The van der Waals surface area contributed by atoms with Gasteiger partial charge in [-0.25, -0.2) is 4.98 Å². The van der Waals surface area contributed by atoms with Gasteiger partial charge in [-0.2, -0.15) is 0 Å². The molecule has 1 aliphatic carbocycles. The number of rotatable bonds is 4. The molecule has 1 atom stereocenters. The Morgan fingerprint density at radius 3 is 3.20 bits per heavy atom. The monoisotopic (exact) mass is 207 g/mol. The molecule has 0 fully saturated rings.